The number of hydrogen-bond acceptors (Lipinski definition) is 3. The highest BCUT2D eigenvalue weighted by Gasteiger charge is 2.11. The Balaban J connectivity index is 1.97. The maximum absolute atomic E-state index is 4.37. The Morgan fingerprint density at radius 2 is 2.05 bits per heavy atom. The van der Waals surface area contributed by atoms with Gasteiger partial charge in [-0.05, 0) is 17.7 Å². The minimum atomic E-state index is 0.829. The number of nitrogens with zero attached hydrogens (tertiary/aromatic N) is 4. The van der Waals surface area contributed by atoms with E-state index in [9.17, 15) is 0 Å². The van der Waals surface area contributed by atoms with E-state index >= 15 is 0 Å². The Bertz CT molecular complexity index is 750. The van der Waals surface area contributed by atoms with Crippen molar-refractivity contribution >= 4 is 32.7 Å². The minimum Gasteiger partial charge on any atom is -0.370 e. The van der Waals surface area contributed by atoms with Crippen LogP contribution in [0.2, 0.25) is 0 Å². The highest BCUT2D eigenvalue weighted by molar-refractivity contribution is 9.10. The third kappa shape index (κ3) is 2.29. The standard InChI is InChI=1S/C15H15BrN4/c1-19(10-11-5-3-4-6-13(11)16)14-7-8-17-15-12(14)9-18-20(15)2/h3-9H,10H2,1-2H3. The predicted molar refractivity (Wildman–Crippen MR) is 84.8 cm³/mol. The van der Waals surface area contributed by atoms with Gasteiger partial charge in [0, 0.05) is 31.3 Å². The first kappa shape index (κ1) is 13.1. The van der Waals surface area contributed by atoms with E-state index in [1.165, 1.54) is 5.56 Å². The van der Waals surface area contributed by atoms with Gasteiger partial charge in [-0.1, -0.05) is 34.1 Å². The summed E-state index contributed by atoms with van der Waals surface area (Å²) < 4.78 is 2.92. The third-order valence-electron chi connectivity index (χ3n) is 3.39. The molecule has 0 bridgehead atoms. The fraction of sp³-hybridized carbons (Fsp3) is 0.200. The van der Waals surface area contributed by atoms with Crippen LogP contribution in [0, 0.1) is 0 Å². The number of hydrogen-bond donors (Lipinski definition) is 0. The molecular formula is C15H15BrN4. The lowest BCUT2D eigenvalue weighted by molar-refractivity contribution is 0.786. The van der Waals surface area contributed by atoms with Crippen LogP contribution in [0.25, 0.3) is 11.0 Å². The molecule has 5 heteroatoms. The molecule has 0 radical (unpaired) electrons. The second-order valence-electron chi connectivity index (χ2n) is 4.78. The molecule has 0 N–H and O–H groups in total. The first-order valence-electron chi connectivity index (χ1n) is 6.38. The van der Waals surface area contributed by atoms with E-state index in [1.807, 2.05) is 31.6 Å². The van der Waals surface area contributed by atoms with Crippen LogP contribution in [-0.4, -0.2) is 21.8 Å². The van der Waals surface area contributed by atoms with E-state index in [1.54, 1.807) is 4.68 Å². The lowest BCUT2D eigenvalue weighted by atomic mass is 10.2. The molecule has 0 fully saturated rings. The second kappa shape index (κ2) is 5.25. The van der Waals surface area contributed by atoms with E-state index in [0.29, 0.717) is 0 Å². The van der Waals surface area contributed by atoms with Gasteiger partial charge in [0.25, 0.3) is 0 Å². The highest BCUT2D eigenvalue weighted by Crippen LogP contribution is 2.26. The fourth-order valence-electron chi connectivity index (χ4n) is 2.33. The zero-order valence-electron chi connectivity index (χ0n) is 11.4. The van der Waals surface area contributed by atoms with Crippen LogP contribution in [0.15, 0.2) is 47.2 Å². The van der Waals surface area contributed by atoms with Gasteiger partial charge in [-0.15, -0.1) is 0 Å². The molecule has 0 saturated carbocycles. The molecule has 0 atom stereocenters. The Morgan fingerprint density at radius 1 is 1.25 bits per heavy atom. The van der Waals surface area contributed by atoms with Crippen LogP contribution in [0.5, 0.6) is 0 Å². The van der Waals surface area contributed by atoms with Gasteiger partial charge in [0.05, 0.1) is 17.3 Å². The molecule has 3 rings (SSSR count). The van der Waals surface area contributed by atoms with Crippen LogP contribution in [0.3, 0.4) is 0 Å². The van der Waals surface area contributed by atoms with Crippen molar-refractivity contribution < 1.29 is 0 Å². The van der Waals surface area contributed by atoms with Crippen molar-refractivity contribution in [2.75, 3.05) is 11.9 Å². The maximum atomic E-state index is 4.37. The van der Waals surface area contributed by atoms with Crippen LogP contribution in [0.4, 0.5) is 5.69 Å². The van der Waals surface area contributed by atoms with Crippen molar-refractivity contribution in [2.24, 2.45) is 7.05 Å². The number of fused-ring (bicyclic) bond motifs is 1. The van der Waals surface area contributed by atoms with Gasteiger partial charge in [0.2, 0.25) is 0 Å². The Kier molecular flexibility index (Phi) is 3.44. The second-order valence-corrected chi connectivity index (χ2v) is 5.64. The van der Waals surface area contributed by atoms with Crippen LogP contribution in [-0.2, 0) is 13.6 Å². The summed E-state index contributed by atoms with van der Waals surface area (Å²) in [6.45, 7) is 0.829. The van der Waals surface area contributed by atoms with Crippen LogP contribution in [0.1, 0.15) is 5.56 Å². The van der Waals surface area contributed by atoms with E-state index in [4.69, 9.17) is 0 Å². The van der Waals surface area contributed by atoms with Gasteiger partial charge in [-0.25, -0.2) is 4.98 Å². The number of aromatic nitrogens is 3. The summed E-state index contributed by atoms with van der Waals surface area (Å²) >= 11 is 3.60. The molecule has 2 heterocycles. The summed E-state index contributed by atoms with van der Waals surface area (Å²) in [4.78, 5) is 6.59. The first-order valence-corrected chi connectivity index (χ1v) is 7.17. The molecule has 0 saturated heterocycles. The number of halogens is 1. The van der Waals surface area contributed by atoms with Crippen molar-refractivity contribution in [1.82, 2.24) is 14.8 Å². The van der Waals surface area contributed by atoms with Gasteiger partial charge in [-0.3, -0.25) is 4.68 Å². The molecule has 0 spiro atoms. The topological polar surface area (TPSA) is 34.0 Å². The quantitative estimate of drug-likeness (QED) is 0.738. The molecule has 0 amide bonds. The van der Waals surface area contributed by atoms with Crippen molar-refractivity contribution in [2.45, 2.75) is 6.54 Å². The predicted octanol–water partition coefficient (Wildman–Crippen LogP) is 3.37. The summed E-state index contributed by atoms with van der Waals surface area (Å²) in [5, 5.41) is 5.36. The van der Waals surface area contributed by atoms with Crippen molar-refractivity contribution in [3.63, 3.8) is 0 Å². The molecule has 4 nitrogen and oxygen atoms in total. The molecule has 20 heavy (non-hydrogen) atoms. The molecule has 3 aromatic rings. The maximum Gasteiger partial charge on any atom is 0.159 e. The lowest BCUT2D eigenvalue weighted by Gasteiger charge is -2.20. The largest absolute Gasteiger partial charge is 0.370 e. The average Bonchev–Trinajstić information content (AvgIpc) is 2.83. The van der Waals surface area contributed by atoms with Gasteiger partial charge in [0.1, 0.15) is 0 Å². The number of anilines is 1. The molecular weight excluding hydrogens is 316 g/mol. The highest BCUT2D eigenvalue weighted by atomic mass is 79.9. The van der Waals surface area contributed by atoms with Gasteiger partial charge < -0.3 is 4.90 Å². The van der Waals surface area contributed by atoms with Gasteiger partial charge >= 0.3 is 0 Å². The summed E-state index contributed by atoms with van der Waals surface area (Å²) in [7, 11) is 3.99. The zero-order valence-corrected chi connectivity index (χ0v) is 13.0. The summed E-state index contributed by atoms with van der Waals surface area (Å²) in [6.07, 6.45) is 3.70. The molecule has 0 aliphatic heterocycles. The van der Waals surface area contributed by atoms with Crippen LogP contribution >= 0.6 is 15.9 Å². The summed E-state index contributed by atoms with van der Waals surface area (Å²) in [5.74, 6) is 0. The van der Waals surface area contributed by atoms with E-state index in [-0.39, 0.29) is 0 Å². The fourth-order valence-corrected chi connectivity index (χ4v) is 2.74. The summed E-state index contributed by atoms with van der Waals surface area (Å²) in [5.41, 5.74) is 3.30. The van der Waals surface area contributed by atoms with Crippen molar-refractivity contribution in [3.05, 3.63) is 52.8 Å². The number of pyridine rings is 1. The Morgan fingerprint density at radius 3 is 2.85 bits per heavy atom. The van der Waals surface area contributed by atoms with Crippen molar-refractivity contribution in [3.8, 4) is 0 Å². The van der Waals surface area contributed by atoms with Crippen molar-refractivity contribution in [1.29, 1.82) is 0 Å². The molecule has 0 aliphatic carbocycles. The third-order valence-corrected chi connectivity index (χ3v) is 4.16. The zero-order chi connectivity index (χ0) is 14.1. The molecule has 102 valence electrons. The normalized spacial score (nSPS) is 10.9. The molecule has 0 unspecified atom stereocenters. The Hall–Kier alpha value is -1.88. The van der Waals surface area contributed by atoms with Crippen LogP contribution < -0.4 is 4.90 Å². The number of aryl methyl sites for hydroxylation is 1. The molecule has 0 aliphatic rings. The van der Waals surface area contributed by atoms with Gasteiger partial charge in [-0.2, -0.15) is 5.10 Å². The minimum absolute atomic E-state index is 0.829. The SMILES string of the molecule is CN(Cc1ccccc1Br)c1ccnc2c1cnn2C. The number of benzene rings is 1. The monoisotopic (exact) mass is 330 g/mol. The molecule has 2 aromatic heterocycles. The van der Waals surface area contributed by atoms with E-state index in [0.717, 1.165) is 27.7 Å². The summed E-state index contributed by atoms with van der Waals surface area (Å²) in [6, 6.07) is 10.3. The van der Waals surface area contributed by atoms with E-state index < -0.39 is 0 Å². The smallest absolute Gasteiger partial charge is 0.159 e. The molecule has 1 aromatic carbocycles. The van der Waals surface area contributed by atoms with Gasteiger partial charge in [0.15, 0.2) is 5.65 Å². The van der Waals surface area contributed by atoms with E-state index in [2.05, 4.69) is 56.2 Å². The Labute approximate surface area is 126 Å². The average molecular weight is 331 g/mol. The lowest BCUT2D eigenvalue weighted by Crippen LogP contribution is -2.17. The number of rotatable bonds is 3. The first-order chi connectivity index (χ1) is 9.66.